The van der Waals surface area contributed by atoms with Crippen LogP contribution in [-0.2, 0) is 0 Å². The summed E-state index contributed by atoms with van der Waals surface area (Å²) in [5.41, 5.74) is 14.3. The van der Waals surface area contributed by atoms with Gasteiger partial charge in [-0.3, -0.25) is 14.4 Å². The van der Waals surface area contributed by atoms with E-state index in [1.807, 2.05) is 0 Å². The van der Waals surface area contributed by atoms with Gasteiger partial charge < -0.3 is 17.2 Å². The Kier molecular flexibility index (Phi) is 9.38. The van der Waals surface area contributed by atoms with Gasteiger partial charge >= 0.3 is 0 Å². The highest BCUT2D eigenvalue weighted by atomic mass is 19.1. The molecule has 0 unspecified atom stereocenters. The summed E-state index contributed by atoms with van der Waals surface area (Å²) in [5.74, 6) is -4.93. The Balaban J connectivity index is 0.000000233. The molecule has 0 radical (unpaired) electrons. The van der Waals surface area contributed by atoms with E-state index in [0.29, 0.717) is 5.56 Å². The summed E-state index contributed by atoms with van der Waals surface area (Å²) >= 11 is 0. The molecule has 3 rings (SSSR count). The van der Waals surface area contributed by atoms with E-state index in [0.717, 1.165) is 24.3 Å². The molecule has 0 aliphatic carbocycles. The number of benzene rings is 3. The van der Waals surface area contributed by atoms with E-state index in [9.17, 15) is 31.9 Å². The van der Waals surface area contributed by atoms with Gasteiger partial charge in [0.05, 0.1) is 0 Å². The molecule has 6 N–H and O–H groups in total. The van der Waals surface area contributed by atoms with Crippen molar-refractivity contribution in [3.63, 3.8) is 0 Å². The molecule has 0 spiro atoms. The first-order valence-corrected chi connectivity index (χ1v) is 8.37. The number of nitrogens with two attached hydrogens (primary N) is 3. The van der Waals surface area contributed by atoms with Crippen LogP contribution in [0.5, 0.6) is 0 Å². The molecule has 0 bridgehead atoms. The van der Waals surface area contributed by atoms with E-state index in [2.05, 4.69) is 0 Å². The molecule has 0 aliphatic rings. The van der Waals surface area contributed by atoms with Crippen LogP contribution in [0.1, 0.15) is 31.1 Å². The zero-order valence-corrected chi connectivity index (χ0v) is 15.8. The van der Waals surface area contributed by atoms with Gasteiger partial charge in [-0.1, -0.05) is 12.1 Å². The third-order valence-electron chi connectivity index (χ3n) is 3.45. The fourth-order valence-electron chi connectivity index (χ4n) is 1.99. The van der Waals surface area contributed by atoms with Crippen molar-refractivity contribution >= 4 is 17.7 Å². The van der Waals surface area contributed by atoms with Crippen LogP contribution in [0.25, 0.3) is 0 Å². The fraction of sp³-hybridized carbons (Fsp3) is 0. The predicted molar refractivity (Wildman–Crippen MR) is 105 cm³/mol. The Hall–Kier alpha value is -4.21. The quantitative estimate of drug-likeness (QED) is 0.547. The fourth-order valence-corrected chi connectivity index (χ4v) is 1.99. The summed E-state index contributed by atoms with van der Waals surface area (Å²) in [6, 6.07) is 13.5. The molecule has 6 nitrogen and oxygen atoms in total. The standard InChI is InChI=1S/C7H5F2NO.2C7H6FNO/c8-4-2-1-3-5(9)6(4)7(10)11;8-6-3-1-5(2-4-6)7(9)10;8-6-3-1-2-5(4-6)7(9)10/h1-3H,(H2,10,11);2*1-4H,(H2,9,10). The van der Waals surface area contributed by atoms with Crippen LogP contribution in [0, 0.1) is 23.3 Å². The van der Waals surface area contributed by atoms with Gasteiger partial charge in [-0.25, -0.2) is 17.6 Å². The summed E-state index contributed by atoms with van der Waals surface area (Å²) in [7, 11) is 0. The SMILES string of the molecule is NC(=O)c1c(F)cccc1F.NC(=O)c1ccc(F)cc1.NC(=O)c1cccc(F)c1. The highest BCUT2D eigenvalue weighted by molar-refractivity contribution is 5.93. The van der Waals surface area contributed by atoms with Crippen molar-refractivity contribution in [2.75, 3.05) is 0 Å². The van der Waals surface area contributed by atoms with Gasteiger partial charge in [-0.15, -0.1) is 0 Å². The molecule has 0 heterocycles. The molecule has 0 atom stereocenters. The number of rotatable bonds is 3. The Morgan fingerprint density at radius 2 is 1.03 bits per heavy atom. The predicted octanol–water partition coefficient (Wildman–Crippen LogP) is 2.91. The molecule has 3 aromatic carbocycles. The average molecular weight is 435 g/mol. The average Bonchev–Trinajstić information content (AvgIpc) is 2.69. The smallest absolute Gasteiger partial charge is 0.254 e. The van der Waals surface area contributed by atoms with Gasteiger partial charge in [0.15, 0.2) is 0 Å². The first-order valence-electron chi connectivity index (χ1n) is 8.37. The number of hydrogen-bond donors (Lipinski definition) is 3. The molecular formula is C21H17F4N3O3. The largest absolute Gasteiger partial charge is 0.366 e. The van der Waals surface area contributed by atoms with Crippen molar-refractivity contribution in [2.24, 2.45) is 17.2 Å². The Labute approximate surface area is 174 Å². The monoisotopic (exact) mass is 435 g/mol. The van der Waals surface area contributed by atoms with Crippen molar-refractivity contribution in [3.8, 4) is 0 Å². The Morgan fingerprint density at radius 3 is 1.39 bits per heavy atom. The van der Waals surface area contributed by atoms with Gasteiger partial charge in [0, 0.05) is 11.1 Å². The third-order valence-corrected chi connectivity index (χ3v) is 3.45. The number of primary amides is 3. The second kappa shape index (κ2) is 11.7. The minimum absolute atomic E-state index is 0.194. The summed E-state index contributed by atoms with van der Waals surface area (Å²) in [6.45, 7) is 0. The van der Waals surface area contributed by atoms with Crippen LogP contribution in [0.15, 0.2) is 66.7 Å². The molecule has 10 heteroatoms. The van der Waals surface area contributed by atoms with Gasteiger partial charge in [0.2, 0.25) is 11.8 Å². The van der Waals surface area contributed by atoms with Crippen LogP contribution in [0.2, 0.25) is 0 Å². The first-order chi connectivity index (χ1) is 14.5. The number of carbonyl (C=O) groups is 3. The van der Waals surface area contributed by atoms with Gasteiger partial charge in [0.25, 0.3) is 5.91 Å². The van der Waals surface area contributed by atoms with Crippen LogP contribution in [-0.4, -0.2) is 17.7 Å². The maximum Gasteiger partial charge on any atom is 0.254 e. The number of carbonyl (C=O) groups excluding carboxylic acids is 3. The molecular weight excluding hydrogens is 418 g/mol. The number of hydrogen-bond acceptors (Lipinski definition) is 3. The van der Waals surface area contributed by atoms with E-state index >= 15 is 0 Å². The second-order valence-electron chi connectivity index (χ2n) is 5.71. The second-order valence-corrected chi connectivity index (χ2v) is 5.71. The van der Waals surface area contributed by atoms with Crippen molar-refractivity contribution < 1.29 is 31.9 Å². The lowest BCUT2D eigenvalue weighted by atomic mass is 10.2. The van der Waals surface area contributed by atoms with Crippen molar-refractivity contribution in [3.05, 3.63) is 107 Å². The normalized spacial score (nSPS) is 9.42. The van der Waals surface area contributed by atoms with Crippen LogP contribution in [0.3, 0.4) is 0 Å². The van der Waals surface area contributed by atoms with E-state index < -0.39 is 40.7 Å². The van der Waals surface area contributed by atoms with Crippen LogP contribution < -0.4 is 17.2 Å². The number of amides is 3. The maximum absolute atomic E-state index is 12.6. The molecule has 0 aliphatic heterocycles. The molecule has 3 amide bonds. The highest BCUT2D eigenvalue weighted by Gasteiger charge is 2.12. The molecule has 162 valence electrons. The lowest BCUT2D eigenvalue weighted by molar-refractivity contribution is 0.0985. The van der Waals surface area contributed by atoms with Crippen molar-refractivity contribution in [1.29, 1.82) is 0 Å². The van der Waals surface area contributed by atoms with E-state index in [1.54, 1.807) is 0 Å². The minimum Gasteiger partial charge on any atom is -0.366 e. The zero-order valence-electron chi connectivity index (χ0n) is 15.8. The topological polar surface area (TPSA) is 129 Å². The molecule has 31 heavy (non-hydrogen) atoms. The summed E-state index contributed by atoms with van der Waals surface area (Å²) in [5, 5.41) is 0. The van der Waals surface area contributed by atoms with Gasteiger partial charge in [-0.05, 0) is 54.6 Å². The number of halogens is 4. The van der Waals surface area contributed by atoms with Gasteiger partial charge in [-0.2, -0.15) is 0 Å². The molecule has 0 saturated carbocycles. The van der Waals surface area contributed by atoms with Gasteiger partial charge in [0.1, 0.15) is 28.8 Å². The third kappa shape index (κ3) is 8.36. The van der Waals surface area contributed by atoms with E-state index in [1.165, 1.54) is 42.5 Å². The van der Waals surface area contributed by atoms with E-state index in [-0.39, 0.29) is 11.4 Å². The van der Waals surface area contributed by atoms with Crippen LogP contribution >= 0.6 is 0 Å². The molecule has 3 aromatic rings. The summed E-state index contributed by atoms with van der Waals surface area (Å²) in [6.07, 6.45) is 0. The summed E-state index contributed by atoms with van der Waals surface area (Å²) in [4.78, 5) is 31.2. The molecule has 0 saturated heterocycles. The van der Waals surface area contributed by atoms with E-state index in [4.69, 9.17) is 17.2 Å². The maximum atomic E-state index is 12.6. The Morgan fingerprint density at radius 1 is 0.548 bits per heavy atom. The Bertz CT molecular complexity index is 1050. The summed E-state index contributed by atoms with van der Waals surface area (Å²) < 4.78 is 49.6. The highest BCUT2D eigenvalue weighted by Crippen LogP contribution is 2.10. The van der Waals surface area contributed by atoms with Crippen molar-refractivity contribution in [1.82, 2.24) is 0 Å². The van der Waals surface area contributed by atoms with Crippen molar-refractivity contribution in [2.45, 2.75) is 0 Å². The molecule has 0 fully saturated rings. The lowest BCUT2D eigenvalue weighted by Gasteiger charge is -1.97. The molecule has 0 aromatic heterocycles. The minimum atomic E-state index is -1.10. The van der Waals surface area contributed by atoms with Crippen LogP contribution in [0.4, 0.5) is 17.6 Å². The lowest BCUT2D eigenvalue weighted by Crippen LogP contribution is -2.15. The zero-order chi connectivity index (χ0) is 23.6. The first kappa shape index (κ1) is 24.8.